The first kappa shape index (κ1) is 23.6. The van der Waals surface area contributed by atoms with Crippen molar-refractivity contribution < 1.29 is 19.1 Å². The molecule has 36 heavy (non-hydrogen) atoms. The number of carbonyl (C=O) groups excluding carboxylic acids is 2. The molecule has 0 unspecified atom stereocenters. The molecule has 0 radical (unpaired) electrons. The van der Waals surface area contributed by atoms with Crippen LogP contribution in [0.5, 0.6) is 11.5 Å². The molecule has 0 bridgehead atoms. The van der Waals surface area contributed by atoms with Crippen molar-refractivity contribution in [3.05, 3.63) is 88.6 Å². The first-order chi connectivity index (χ1) is 17.4. The molecule has 8 heteroatoms. The van der Waals surface area contributed by atoms with Crippen molar-refractivity contribution in [1.82, 2.24) is 4.57 Å². The van der Waals surface area contributed by atoms with E-state index in [1.165, 1.54) is 5.01 Å². The fraction of sp³-hybridized carbons (Fsp3) is 0.179. The van der Waals surface area contributed by atoms with Gasteiger partial charge in [-0.25, -0.2) is 5.01 Å². The van der Waals surface area contributed by atoms with Crippen LogP contribution in [-0.2, 0) is 11.2 Å². The van der Waals surface area contributed by atoms with Gasteiger partial charge in [0.1, 0.15) is 11.5 Å². The Morgan fingerprint density at radius 1 is 1.00 bits per heavy atom. The molecular weight excluding hydrogens is 478 g/mol. The number of aromatic nitrogens is 1. The molecule has 2 heterocycles. The van der Waals surface area contributed by atoms with Gasteiger partial charge >= 0.3 is 0 Å². The fourth-order valence-electron chi connectivity index (χ4n) is 4.52. The van der Waals surface area contributed by atoms with Crippen molar-refractivity contribution in [3.63, 3.8) is 0 Å². The number of methoxy groups -OCH3 is 2. The van der Waals surface area contributed by atoms with Crippen LogP contribution in [0.15, 0.2) is 71.8 Å². The van der Waals surface area contributed by atoms with Gasteiger partial charge in [-0.1, -0.05) is 17.7 Å². The molecular formula is C28H24ClN3O4. The Morgan fingerprint density at radius 2 is 1.72 bits per heavy atom. The highest BCUT2D eigenvalue weighted by Gasteiger charge is 2.28. The number of rotatable bonds is 6. The lowest BCUT2D eigenvalue weighted by Gasteiger charge is -2.12. The van der Waals surface area contributed by atoms with E-state index in [1.807, 2.05) is 43.3 Å². The number of halogens is 1. The van der Waals surface area contributed by atoms with Crippen molar-refractivity contribution in [2.24, 2.45) is 5.10 Å². The van der Waals surface area contributed by atoms with Gasteiger partial charge < -0.3 is 9.47 Å². The number of nitrogens with zero attached hydrogens (tertiary/aromatic N) is 3. The zero-order valence-electron chi connectivity index (χ0n) is 20.1. The molecule has 1 amide bonds. The van der Waals surface area contributed by atoms with Gasteiger partial charge in [0.2, 0.25) is 0 Å². The molecule has 1 aromatic heterocycles. The van der Waals surface area contributed by atoms with Crippen LogP contribution >= 0.6 is 11.6 Å². The third-order valence-corrected chi connectivity index (χ3v) is 6.60. The maximum atomic E-state index is 13.5. The molecule has 0 saturated carbocycles. The monoisotopic (exact) mass is 501 g/mol. The topological polar surface area (TPSA) is 73.1 Å². The lowest BCUT2D eigenvalue weighted by molar-refractivity contribution is -0.116. The van der Waals surface area contributed by atoms with Gasteiger partial charge in [-0.15, -0.1) is 0 Å². The Morgan fingerprint density at radius 3 is 2.44 bits per heavy atom. The summed E-state index contributed by atoms with van der Waals surface area (Å²) in [4.78, 5) is 26.4. The maximum Gasteiger partial charge on any atom is 0.262 e. The predicted molar refractivity (Wildman–Crippen MR) is 141 cm³/mol. The van der Waals surface area contributed by atoms with E-state index in [-0.39, 0.29) is 18.2 Å². The summed E-state index contributed by atoms with van der Waals surface area (Å²) in [6.45, 7) is 1.91. The number of ether oxygens (including phenoxy) is 2. The molecule has 5 rings (SSSR count). The smallest absolute Gasteiger partial charge is 0.262 e. The Hall–Kier alpha value is -4.10. The highest BCUT2D eigenvalue weighted by atomic mass is 35.5. The average Bonchev–Trinajstić information content (AvgIpc) is 3.40. The van der Waals surface area contributed by atoms with E-state index in [0.717, 1.165) is 22.2 Å². The first-order valence-corrected chi connectivity index (χ1v) is 11.8. The second-order valence-electron chi connectivity index (χ2n) is 8.52. The van der Waals surface area contributed by atoms with Crippen molar-refractivity contribution in [2.45, 2.75) is 19.8 Å². The van der Waals surface area contributed by atoms with E-state index in [4.69, 9.17) is 21.1 Å². The Bertz CT molecular complexity index is 1520. The zero-order chi connectivity index (χ0) is 25.4. The molecule has 0 aliphatic carbocycles. The molecule has 182 valence electrons. The quantitative estimate of drug-likeness (QED) is 0.342. The second kappa shape index (κ2) is 9.51. The molecule has 4 aromatic rings. The molecule has 1 aliphatic rings. The number of anilines is 1. The van der Waals surface area contributed by atoms with Gasteiger partial charge in [0.15, 0.2) is 0 Å². The van der Waals surface area contributed by atoms with Gasteiger partial charge in [0.05, 0.1) is 37.6 Å². The summed E-state index contributed by atoms with van der Waals surface area (Å²) in [6, 6.07) is 19.7. The lowest BCUT2D eigenvalue weighted by Crippen LogP contribution is -2.19. The van der Waals surface area contributed by atoms with Crippen LogP contribution in [0, 0.1) is 6.92 Å². The van der Waals surface area contributed by atoms with Crippen molar-refractivity contribution >= 4 is 45.7 Å². The molecule has 1 aliphatic heterocycles. The minimum atomic E-state index is -0.159. The van der Waals surface area contributed by atoms with Gasteiger partial charge in [-0.05, 0) is 67.1 Å². The van der Waals surface area contributed by atoms with Crippen LogP contribution in [-0.4, -0.2) is 36.3 Å². The van der Waals surface area contributed by atoms with E-state index < -0.39 is 0 Å². The summed E-state index contributed by atoms with van der Waals surface area (Å²) >= 11 is 6.02. The number of hydrogen-bond acceptors (Lipinski definition) is 5. The molecule has 0 atom stereocenters. The number of benzene rings is 3. The number of amides is 1. The second-order valence-corrected chi connectivity index (χ2v) is 8.96. The summed E-state index contributed by atoms with van der Waals surface area (Å²) in [5.41, 5.74) is 4.36. The Balaban J connectivity index is 1.56. The molecule has 0 spiro atoms. The predicted octanol–water partition coefficient (Wildman–Crippen LogP) is 5.64. The lowest BCUT2D eigenvalue weighted by atomic mass is 10.0. The maximum absolute atomic E-state index is 13.5. The van der Waals surface area contributed by atoms with Crippen molar-refractivity contribution in [3.8, 4) is 11.5 Å². The first-order valence-electron chi connectivity index (χ1n) is 11.4. The Kier molecular flexibility index (Phi) is 6.24. The average molecular weight is 502 g/mol. The van der Waals surface area contributed by atoms with Gasteiger partial charge in [0, 0.05) is 34.2 Å². The summed E-state index contributed by atoms with van der Waals surface area (Å²) in [6.07, 6.45) is 0.612. The number of fused-ring (bicyclic) bond motifs is 1. The SMILES string of the molecule is COc1cccc(N2N=C(Cc3c(C)n(C(=O)c4ccc(Cl)cc4)c4ccc(OC)cc34)CC2=O)c1. The molecule has 0 fully saturated rings. The fourth-order valence-corrected chi connectivity index (χ4v) is 4.65. The Labute approximate surface area is 213 Å². The van der Waals surface area contributed by atoms with Gasteiger partial charge in [-0.3, -0.25) is 14.2 Å². The van der Waals surface area contributed by atoms with E-state index >= 15 is 0 Å². The van der Waals surface area contributed by atoms with Crippen LogP contribution in [0.1, 0.15) is 28.0 Å². The zero-order valence-corrected chi connectivity index (χ0v) is 20.9. The number of hydrogen-bond donors (Lipinski definition) is 0. The third-order valence-electron chi connectivity index (χ3n) is 6.35. The normalized spacial score (nSPS) is 13.3. The van der Waals surface area contributed by atoms with E-state index in [1.54, 1.807) is 49.1 Å². The largest absolute Gasteiger partial charge is 0.497 e. The van der Waals surface area contributed by atoms with Crippen LogP contribution in [0.4, 0.5) is 5.69 Å². The molecule has 3 aromatic carbocycles. The van der Waals surface area contributed by atoms with Gasteiger partial charge in [-0.2, -0.15) is 5.10 Å². The third kappa shape index (κ3) is 4.22. The summed E-state index contributed by atoms with van der Waals surface area (Å²) < 4.78 is 12.4. The van der Waals surface area contributed by atoms with E-state index in [0.29, 0.717) is 39.9 Å². The van der Waals surface area contributed by atoms with Crippen LogP contribution in [0.2, 0.25) is 5.02 Å². The van der Waals surface area contributed by atoms with Crippen LogP contribution in [0.3, 0.4) is 0 Å². The highest BCUT2D eigenvalue weighted by molar-refractivity contribution is 6.30. The minimum Gasteiger partial charge on any atom is -0.497 e. The standard InChI is InChI=1S/C28H24ClN3O4/c1-17-24(13-20-14-27(33)32(30-20)21-5-4-6-22(15-21)35-2)25-16-23(36-3)11-12-26(25)31(17)28(34)18-7-9-19(29)10-8-18/h4-12,15-16H,13-14H2,1-3H3. The molecule has 0 saturated heterocycles. The van der Waals surface area contributed by atoms with E-state index in [9.17, 15) is 9.59 Å². The van der Waals surface area contributed by atoms with Crippen molar-refractivity contribution in [1.29, 1.82) is 0 Å². The summed E-state index contributed by atoms with van der Waals surface area (Å²) in [7, 11) is 3.19. The molecule has 0 N–H and O–H groups in total. The van der Waals surface area contributed by atoms with Crippen LogP contribution < -0.4 is 14.5 Å². The van der Waals surface area contributed by atoms with E-state index in [2.05, 4.69) is 5.10 Å². The van der Waals surface area contributed by atoms with Crippen molar-refractivity contribution in [2.75, 3.05) is 19.2 Å². The summed E-state index contributed by atoms with van der Waals surface area (Å²) in [5.74, 6) is 1.06. The minimum absolute atomic E-state index is 0.116. The molecule has 7 nitrogen and oxygen atoms in total. The summed E-state index contributed by atoms with van der Waals surface area (Å²) in [5, 5.41) is 7.48. The highest BCUT2D eigenvalue weighted by Crippen LogP contribution is 2.32. The van der Waals surface area contributed by atoms with Crippen LogP contribution in [0.25, 0.3) is 10.9 Å². The number of carbonyl (C=O) groups is 2. The van der Waals surface area contributed by atoms with Gasteiger partial charge in [0.25, 0.3) is 11.8 Å². The number of hydrazone groups is 1.